The fraction of sp³-hybridized carbons (Fsp3) is 0.611. The average Bonchev–Trinajstić information content (AvgIpc) is 2.62. The number of hydrogen-bond acceptors (Lipinski definition) is 4. The minimum atomic E-state index is 0. The van der Waals surface area contributed by atoms with Crippen LogP contribution in [0, 0.1) is 0 Å². The minimum Gasteiger partial charge on any atom is -0.382 e. The van der Waals surface area contributed by atoms with E-state index in [-0.39, 0.29) is 24.0 Å². The maximum Gasteiger partial charge on any atom is 0.191 e. The molecule has 150 valence electrons. The van der Waals surface area contributed by atoms with Gasteiger partial charge in [0.05, 0.1) is 13.2 Å². The molecule has 0 aliphatic carbocycles. The molecule has 0 spiro atoms. The van der Waals surface area contributed by atoms with Crippen LogP contribution in [0.25, 0.3) is 0 Å². The molecule has 0 atom stereocenters. The van der Waals surface area contributed by atoms with Gasteiger partial charge in [0, 0.05) is 49.0 Å². The van der Waals surface area contributed by atoms with Crippen molar-refractivity contribution in [1.82, 2.24) is 10.6 Å². The molecule has 0 amide bonds. The number of rotatable bonds is 13. The number of halogens is 2. The molecule has 1 aromatic rings. The van der Waals surface area contributed by atoms with E-state index < -0.39 is 0 Å². The van der Waals surface area contributed by atoms with Gasteiger partial charge in [-0.15, -0.1) is 35.7 Å². The van der Waals surface area contributed by atoms with Crippen LogP contribution >= 0.6 is 47.3 Å². The van der Waals surface area contributed by atoms with Crippen molar-refractivity contribution in [2.45, 2.75) is 24.7 Å². The highest BCUT2D eigenvalue weighted by atomic mass is 127. The number of ether oxygens (including phenoxy) is 2. The molecule has 5 nitrogen and oxygen atoms in total. The van der Waals surface area contributed by atoms with Crippen molar-refractivity contribution < 1.29 is 9.47 Å². The lowest BCUT2D eigenvalue weighted by Gasteiger charge is -2.11. The summed E-state index contributed by atoms with van der Waals surface area (Å²) in [4.78, 5) is 5.81. The van der Waals surface area contributed by atoms with Gasteiger partial charge in [-0.2, -0.15) is 0 Å². The van der Waals surface area contributed by atoms with Gasteiger partial charge in [0.2, 0.25) is 0 Å². The van der Waals surface area contributed by atoms with Gasteiger partial charge in [-0.1, -0.05) is 11.6 Å². The maximum atomic E-state index is 5.89. The third-order valence-electron chi connectivity index (χ3n) is 3.22. The third-order valence-corrected chi connectivity index (χ3v) is 4.49. The summed E-state index contributed by atoms with van der Waals surface area (Å²) < 4.78 is 10.4. The van der Waals surface area contributed by atoms with E-state index >= 15 is 0 Å². The molecule has 0 heterocycles. The van der Waals surface area contributed by atoms with Crippen LogP contribution in [0.15, 0.2) is 34.2 Å². The number of nitrogens with zero attached hydrogens (tertiary/aromatic N) is 1. The van der Waals surface area contributed by atoms with Crippen LogP contribution in [0.3, 0.4) is 0 Å². The highest BCUT2D eigenvalue weighted by Gasteiger charge is 1.98. The first-order valence-electron chi connectivity index (χ1n) is 8.73. The SMILES string of the molecule is CCNC(=NCCCCOCCOC)NCCSc1ccc(Cl)cc1.I. The van der Waals surface area contributed by atoms with Crippen LogP contribution in [-0.2, 0) is 9.47 Å². The Bertz CT molecular complexity index is 478. The smallest absolute Gasteiger partial charge is 0.191 e. The Balaban J connectivity index is 0.00000625. The number of benzene rings is 1. The molecule has 0 aromatic heterocycles. The van der Waals surface area contributed by atoms with Crippen LogP contribution < -0.4 is 10.6 Å². The van der Waals surface area contributed by atoms with Crippen LogP contribution in [0.2, 0.25) is 5.02 Å². The van der Waals surface area contributed by atoms with Gasteiger partial charge in [-0.3, -0.25) is 4.99 Å². The predicted octanol–water partition coefficient (Wildman–Crippen LogP) is 4.05. The molecular formula is C18H31ClIN3O2S. The number of thioether (sulfide) groups is 1. The Morgan fingerprint density at radius 2 is 1.88 bits per heavy atom. The molecule has 8 heteroatoms. The zero-order valence-electron chi connectivity index (χ0n) is 15.6. The maximum absolute atomic E-state index is 5.89. The number of hydrogen-bond donors (Lipinski definition) is 2. The molecular weight excluding hydrogens is 485 g/mol. The summed E-state index contributed by atoms with van der Waals surface area (Å²) in [5.41, 5.74) is 0. The number of unbranched alkanes of at least 4 members (excludes halogenated alkanes) is 1. The number of methoxy groups -OCH3 is 1. The Morgan fingerprint density at radius 1 is 1.12 bits per heavy atom. The summed E-state index contributed by atoms with van der Waals surface area (Å²) in [7, 11) is 1.68. The summed E-state index contributed by atoms with van der Waals surface area (Å²) in [6.45, 7) is 6.67. The highest BCUT2D eigenvalue weighted by molar-refractivity contribution is 14.0. The molecule has 0 saturated carbocycles. The van der Waals surface area contributed by atoms with Crippen molar-refractivity contribution in [1.29, 1.82) is 0 Å². The van der Waals surface area contributed by atoms with Gasteiger partial charge < -0.3 is 20.1 Å². The molecule has 0 bridgehead atoms. The minimum absolute atomic E-state index is 0. The molecule has 1 rings (SSSR count). The van der Waals surface area contributed by atoms with E-state index in [1.807, 2.05) is 24.3 Å². The first kappa shape index (κ1) is 25.8. The van der Waals surface area contributed by atoms with Crippen LogP contribution in [0.5, 0.6) is 0 Å². The monoisotopic (exact) mass is 515 g/mol. The fourth-order valence-corrected chi connectivity index (χ4v) is 2.86. The number of nitrogens with one attached hydrogen (secondary N) is 2. The van der Waals surface area contributed by atoms with Crippen molar-refractivity contribution in [2.24, 2.45) is 4.99 Å². The lowest BCUT2D eigenvalue weighted by molar-refractivity contribution is 0.0690. The van der Waals surface area contributed by atoms with E-state index in [0.717, 1.165) is 55.8 Å². The van der Waals surface area contributed by atoms with E-state index in [1.165, 1.54) is 4.90 Å². The van der Waals surface area contributed by atoms with Gasteiger partial charge in [0.15, 0.2) is 5.96 Å². The van der Waals surface area contributed by atoms with Gasteiger partial charge >= 0.3 is 0 Å². The Morgan fingerprint density at radius 3 is 2.58 bits per heavy atom. The van der Waals surface area contributed by atoms with Crippen molar-refractivity contribution in [3.05, 3.63) is 29.3 Å². The van der Waals surface area contributed by atoms with Crippen LogP contribution in [-0.4, -0.2) is 58.3 Å². The summed E-state index contributed by atoms with van der Waals surface area (Å²) in [5, 5.41) is 7.41. The second-order valence-electron chi connectivity index (χ2n) is 5.30. The number of aliphatic imine (C=N–C) groups is 1. The summed E-state index contributed by atoms with van der Waals surface area (Å²) >= 11 is 7.69. The predicted molar refractivity (Wildman–Crippen MR) is 124 cm³/mol. The van der Waals surface area contributed by atoms with E-state index in [9.17, 15) is 0 Å². The first-order chi connectivity index (χ1) is 12.3. The molecule has 26 heavy (non-hydrogen) atoms. The van der Waals surface area contributed by atoms with E-state index in [2.05, 4.69) is 22.5 Å². The largest absolute Gasteiger partial charge is 0.382 e. The zero-order valence-corrected chi connectivity index (χ0v) is 19.5. The fourth-order valence-electron chi connectivity index (χ4n) is 1.96. The van der Waals surface area contributed by atoms with Crippen LogP contribution in [0.1, 0.15) is 19.8 Å². The van der Waals surface area contributed by atoms with Crippen LogP contribution in [0.4, 0.5) is 0 Å². The average molecular weight is 516 g/mol. The van der Waals surface area contributed by atoms with E-state index in [0.29, 0.717) is 13.2 Å². The molecule has 0 aliphatic rings. The second-order valence-corrected chi connectivity index (χ2v) is 6.91. The third kappa shape index (κ3) is 13.9. The van der Waals surface area contributed by atoms with Gasteiger partial charge in [-0.05, 0) is 44.0 Å². The van der Waals surface area contributed by atoms with Crippen molar-refractivity contribution in [3.8, 4) is 0 Å². The van der Waals surface area contributed by atoms with Gasteiger partial charge in [0.25, 0.3) is 0 Å². The second kappa shape index (κ2) is 18.2. The summed E-state index contributed by atoms with van der Waals surface area (Å²) in [5.74, 6) is 1.85. The molecule has 1 aromatic carbocycles. The van der Waals surface area contributed by atoms with Crippen molar-refractivity contribution in [3.63, 3.8) is 0 Å². The standard InChI is InChI=1S/C18H30ClN3O2S.HI/c1-3-20-18(21-10-4-5-12-24-14-13-23-2)22-11-15-25-17-8-6-16(19)7-9-17;/h6-9H,3-5,10-15H2,1-2H3,(H2,20,21,22);1H. The molecule has 0 fully saturated rings. The van der Waals surface area contributed by atoms with Gasteiger partial charge in [0.1, 0.15) is 0 Å². The topological polar surface area (TPSA) is 54.9 Å². The molecule has 0 radical (unpaired) electrons. The zero-order chi connectivity index (χ0) is 18.2. The molecule has 0 aliphatic heterocycles. The normalized spacial score (nSPS) is 11.1. The lowest BCUT2D eigenvalue weighted by atomic mass is 10.3. The molecule has 0 unspecified atom stereocenters. The highest BCUT2D eigenvalue weighted by Crippen LogP contribution is 2.19. The Labute approximate surface area is 184 Å². The summed E-state index contributed by atoms with van der Waals surface area (Å²) in [6.07, 6.45) is 2.03. The Kier molecular flexibility index (Phi) is 18.0. The first-order valence-corrected chi connectivity index (χ1v) is 10.1. The summed E-state index contributed by atoms with van der Waals surface area (Å²) in [6, 6.07) is 7.92. The molecule has 2 N–H and O–H groups in total. The number of guanidine groups is 1. The van der Waals surface area contributed by atoms with Crippen molar-refractivity contribution >= 4 is 53.3 Å². The molecule has 0 saturated heterocycles. The van der Waals surface area contributed by atoms with E-state index in [1.54, 1.807) is 18.9 Å². The lowest BCUT2D eigenvalue weighted by Crippen LogP contribution is -2.38. The van der Waals surface area contributed by atoms with Crippen molar-refractivity contribution in [2.75, 3.05) is 52.3 Å². The Hall–Kier alpha value is -0.220. The van der Waals surface area contributed by atoms with Gasteiger partial charge in [-0.25, -0.2) is 0 Å². The van der Waals surface area contributed by atoms with E-state index in [4.69, 9.17) is 21.1 Å². The quantitative estimate of drug-likeness (QED) is 0.136.